The van der Waals surface area contributed by atoms with Gasteiger partial charge in [-0.3, -0.25) is 14.5 Å². The van der Waals surface area contributed by atoms with Gasteiger partial charge in [-0.15, -0.1) is 0 Å². The minimum absolute atomic E-state index is 0.0450. The predicted molar refractivity (Wildman–Crippen MR) is 70.9 cm³/mol. The molecule has 1 rings (SSSR count). The number of nitrogens with zero attached hydrogens (tertiary/aromatic N) is 1. The number of carbonyl (C=O) groups excluding carboxylic acids is 2. The lowest BCUT2D eigenvalue weighted by Gasteiger charge is -2.15. The van der Waals surface area contributed by atoms with Crippen molar-refractivity contribution < 1.29 is 9.59 Å². The van der Waals surface area contributed by atoms with E-state index in [1.807, 2.05) is 6.92 Å². The molecule has 6 heteroatoms. The van der Waals surface area contributed by atoms with Gasteiger partial charge >= 0.3 is 0 Å². The van der Waals surface area contributed by atoms with Crippen molar-refractivity contribution in [1.82, 2.24) is 4.90 Å². The zero-order valence-electron chi connectivity index (χ0n) is 10.6. The Balaban J connectivity index is 2.59. The smallest absolute Gasteiger partial charge is 0.238 e. The van der Waals surface area contributed by atoms with Crippen molar-refractivity contribution in [3.63, 3.8) is 0 Å². The van der Waals surface area contributed by atoms with Crippen molar-refractivity contribution in [2.45, 2.75) is 6.92 Å². The van der Waals surface area contributed by atoms with Crippen molar-refractivity contribution in [2.75, 3.05) is 31.2 Å². The summed E-state index contributed by atoms with van der Waals surface area (Å²) >= 11 is 0. The first-order valence-electron chi connectivity index (χ1n) is 5.52. The second kappa shape index (κ2) is 6.02. The van der Waals surface area contributed by atoms with Crippen molar-refractivity contribution >= 4 is 23.2 Å². The molecule has 18 heavy (non-hydrogen) atoms. The molecule has 0 atom stereocenters. The van der Waals surface area contributed by atoms with Gasteiger partial charge in [0.05, 0.1) is 13.1 Å². The summed E-state index contributed by atoms with van der Waals surface area (Å²) in [5.74, 6) is -0.683. The zero-order valence-corrected chi connectivity index (χ0v) is 10.6. The van der Waals surface area contributed by atoms with Crippen molar-refractivity contribution in [1.29, 1.82) is 0 Å². The minimum Gasteiger partial charge on any atom is -0.398 e. The van der Waals surface area contributed by atoms with Gasteiger partial charge in [0.1, 0.15) is 0 Å². The number of carbonyl (C=O) groups is 2. The molecule has 0 spiro atoms. The third kappa shape index (κ3) is 4.06. The van der Waals surface area contributed by atoms with Crippen LogP contribution in [0.2, 0.25) is 0 Å². The molecule has 98 valence electrons. The topological polar surface area (TPSA) is 101 Å². The van der Waals surface area contributed by atoms with Crippen molar-refractivity contribution in [3.8, 4) is 0 Å². The summed E-state index contributed by atoms with van der Waals surface area (Å²) in [6.07, 6.45) is 0. The summed E-state index contributed by atoms with van der Waals surface area (Å²) in [4.78, 5) is 23.9. The van der Waals surface area contributed by atoms with Gasteiger partial charge in [0.15, 0.2) is 0 Å². The maximum Gasteiger partial charge on any atom is 0.238 e. The predicted octanol–water partition coefficient (Wildman–Crippen LogP) is -0.0672. The molecular formula is C12H18N4O2. The zero-order chi connectivity index (χ0) is 13.7. The third-order valence-electron chi connectivity index (χ3n) is 2.49. The number of hydrogen-bond donors (Lipinski definition) is 3. The van der Waals surface area contributed by atoms with Crippen LogP contribution in [-0.2, 0) is 9.59 Å². The standard InChI is InChI=1S/C12H18N4O2/c1-8-9(13)4-3-5-10(8)15-12(18)7-16(2)6-11(14)17/h3-5H,6-7,13H2,1-2H3,(H2,14,17)(H,15,18). The summed E-state index contributed by atoms with van der Waals surface area (Å²) in [6.45, 7) is 1.97. The van der Waals surface area contributed by atoms with E-state index < -0.39 is 5.91 Å². The van der Waals surface area contributed by atoms with E-state index >= 15 is 0 Å². The van der Waals surface area contributed by atoms with Gasteiger partial charge in [-0.2, -0.15) is 0 Å². The molecule has 1 aromatic rings. The van der Waals surface area contributed by atoms with Gasteiger partial charge in [0.25, 0.3) is 0 Å². The van der Waals surface area contributed by atoms with Crippen LogP contribution in [0.5, 0.6) is 0 Å². The number of anilines is 2. The number of primary amides is 1. The number of nitrogens with two attached hydrogens (primary N) is 2. The lowest BCUT2D eigenvalue weighted by Crippen LogP contribution is -2.36. The number of hydrogen-bond acceptors (Lipinski definition) is 4. The van der Waals surface area contributed by atoms with Crippen LogP contribution in [0.4, 0.5) is 11.4 Å². The van der Waals surface area contributed by atoms with E-state index in [9.17, 15) is 9.59 Å². The van der Waals surface area contributed by atoms with Crippen molar-refractivity contribution in [3.05, 3.63) is 23.8 Å². The number of nitrogens with one attached hydrogen (secondary N) is 1. The molecule has 0 heterocycles. The van der Waals surface area contributed by atoms with Gasteiger partial charge in [0.2, 0.25) is 11.8 Å². The van der Waals surface area contributed by atoms with Crippen LogP contribution in [0.25, 0.3) is 0 Å². The van der Waals surface area contributed by atoms with Crippen LogP contribution in [0.15, 0.2) is 18.2 Å². The molecule has 0 aromatic heterocycles. The molecule has 0 radical (unpaired) electrons. The Morgan fingerprint density at radius 1 is 1.33 bits per heavy atom. The fourth-order valence-corrected chi connectivity index (χ4v) is 1.55. The SMILES string of the molecule is Cc1c(N)cccc1NC(=O)CN(C)CC(N)=O. The van der Waals surface area contributed by atoms with Crippen LogP contribution in [0, 0.1) is 6.92 Å². The molecular weight excluding hydrogens is 232 g/mol. The first kappa shape index (κ1) is 14.0. The van der Waals surface area contributed by atoms with Gasteiger partial charge in [-0.25, -0.2) is 0 Å². The Hall–Kier alpha value is -2.08. The van der Waals surface area contributed by atoms with Gasteiger partial charge in [0, 0.05) is 11.4 Å². The molecule has 6 nitrogen and oxygen atoms in total. The maximum absolute atomic E-state index is 11.7. The summed E-state index contributed by atoms with van der Waals surface area (Å²) in [7, 11) is 1.65. The fourth-order valence-electron chi connectivity index (χ4n) is 1.55. The molecule has 0 aliphatic heterocycles. The average Bonchev–Trinajstić information content (AvgIpc) is 2.23. The molecule has 5 N–H and O–H groups in total. The van der Waals surface area contributed by atoms with E-state index in [-0.39, 0.29) is 19.0 Å². The molecule has 0 aliphatic carbocycles. The Morgan fingerprint density at radius 2 is 2.00 bits per heavy atom. The van der Waals surface area contributed by atoms with Gasteiger partial charge < -0.3 is 16.8 Å². The van der Waals surface area contributed by atoms with E-state index in [2.05, 4.69) is 5.32 Å². The quantitative estimate of drug-likeness (QED) is 0.637. The minimum atomic E-state index is -0.467. The molecule has 0 unspecified atom stereocenters. The van der Waals surface area contributed by atoms with Crippen LogP contribution in [0.3, 0.4) is 0 Å². The van der Waals surface area contributed by atoms with E-state index in [1.165, 1.54) is 0 Å². The van der Waals surface area contributed by atoms with Crippen molar-refractivity contribution in [2.24, 2.45) is 5.73 Å². The first-order chi connectivity index (χ1) is 8.40. The van der Waals surface area contributed by atoms with Gasteiger partial charge in [-0.1, -0.05) is 6.07 Å². The number of rotatable bonds is 5. The monoisotopic (exact) mass is 250 g/mol. The molecule has 0 saturated carbocycles. The number of amides is 2. The Morgan fingerprint density at radius 3 is 2.61 bits per heavy atom. The average molecular weight is 250 g/mol. The summed E-state index contributed by atoms with van der Waals surface area (Å²) in [5.41, 5.74) is 12.9. The maximum atomic E-state index is 11.7. The van der Waals surface area contributed by atoms with E-state index in [0.717, 1.165) is 5.56 Å². The van der Waals surface area contributed by atoms with E-state index in [4.69, 9.17) is 11.5 Å². The highest BCUT2D eigenvalue weighted by Gasteiger charge is 2.10. The summed E-state index contributed by atoms with van der Waals surface area (Å²) in [6, 6.07) is 5.31. The summed E-state index contributed by atoms with van der Waals surface area (Å²) in [5, 5.41) is 2.74. The number of likely N-dealkylation sites (N-methyl/N-ethyl adjacent to an activating group) is 1. The Kier molecular flexibility index (Phi) is 4.67. The third-order valence-corrected chi connectivity index (χ3v) is 2.49. The van der Waals surface area contributed by atoms with Crippen LogP contribution < -0.4 is 16.8 Å². The van der Waals surface area contributed by atoms with Crippen LogP contribution >= 0.6 is 0 Å². The highest BCUT2D eigenvalue weighted by atomic mass is 16.2. The molecule has 0 aliphatic rings. The largest absolute Gasteiger partial charge is 0.398 e. The first-order valence-corrected chi connectivity index (χ1v) is 5.52. The summed E-state index contributed by atoms with van der Waals surface area (Å²) < 4.78 is 0. The van der Waals surface area contributed by atoms with E-state index in [1.54, 1.807) is 30.1 Å². The molecule has 2 amide bonds. The van der Waals surface area contributed by atoms with Gasteiger partial charge in [-0.05, 0) is 31.7 Å². The Bertz CT molecular complexity index is 459. The highest BCUT2D eigenvalue weighted by Crippen LogP contribution is 2.20. The van der Waals surface area contributed by atoms with Crippen LogP contribution in [0.1, 0.15) is 5.56 Å². The Labute approximate surface area is 106 Å². The molecule has 1 aromatic carbocycles. The number of benzene rings is 1. The normalized spacial score (nSPS) is 10.4. The molecule has 0 saturated heterocycles. The second-order valence-electron chi connectivity index (χ2n) is 4.21. The highest BCUT2D eigenvalue weighted by molar-refractivity contribution is 5.94. The molecule has 0 fully saturated rings. The fraction of sp³-hybridized carbons (Fsp3) is 0.333. The lowest BCUT2D eigenvalue weighted by atomic mass is 10.1. The second-order valence-corrected chi connectivity index (χ2v) is 4.21. The number of nitrogen functional groups attached to an aromatic ring is 1. The lowest BCUT2D eigenvalue weighted by molar-refractivity contribution is -0.120. The van der Waals surface area contributed by atoms with Crippen LogP contribution in [-0.4, -0.2) is 36.9 Å². The molecule has 0 bridgehead atoms. The van der Waals surface area contributed by atoms with E-state index in [0.29, 0.717) is 11.4 Å².